The summed E-state index contributed by atoms with van der Waals surface area (Å²) < 4.78 is 4.87. The quantitative estimate of drug-likeness (QED) is 0.508. The van der Waals surface area contributed by atoms with Gasteiger partial charge in [0.2, 0.25) is 0 Å². The molecule has 7 heteroatoms. The molecule has 0 aliphatic heterocycles. The van der Waals surface area contributed by atoms with Gasteiger partial charge < -0.3 is 10.1 Å². The Labute approximate surface area is 121 Å². The number of carbonyl (C=O) groups is 2. The number of nitrogens with one attached hydrogen (secondary N) is 1. The highest BCUT2D eigenvalue weighted by atomic mass is 16.6. The van der Waals surface area contributed by atoms with Gasteiger partial charge in [-0.2, -0.15) is 0 Å². The van der Waals surface area contributed by atoms with Crippen molar-refractivity contribution in [2.24, 2.45) is 11.8 Å². The summed E-state index contributed by atoms with van der Waals surface area (Å²) in [6.45, 7) is 3.21. The Balaban J connectivity index is 1.93. The van der Waals surface area contributed by atoms with Gasteiger partial charge in [0.15, 0.2) is 6.61 Å². The molecule has 0 aromatic heterocycles. The van der Waals surface area contributed by atoms with Gasteiger partial charge in [0.25, 0.3) is 11.6 Å². The molecule has 0 saturated heterocycles. The Hall–Kier alpha value is -2.44. The molecule has 0 bridgehead atoms. The monoisotopic (exact) mass is 292 g/mol. The minimum absolute atomic E-state index is 0.0893. The molecule has 1 fully saturated rings. The molecule has 1 aliphatic rings. The van der Waals surface area contributed by atoms with E-state index in [0.29, 0.717) is 11.5 Å². The summed E-state index contributed by atoms with van der Waals surface area (Å²) in [6, 6.07) is 4.48. The number of esters is 1. The summed E-state index contributed by atoms with van der Waals surface area (Å²) >= 11 is 0. The van der Waals surface area contributed by atoms with Gasteiger partial charge in [-0.1, -0.05) is 13.0 Å². The van der Waals surface area contributed by atoms with Crippen LogP contribution in [-0.4, -0.2) is 23.4 Å². The van der Waals surface area contributed by atoms with E-state index in [1.54, 1.807) is 13.0 Å². The average Bonchev–Trinajstić information content (AvgIpc) is 3.15. The van der Waals surface area contributed by atoms with Gasteiger partial charge in [0.05, 0.1) is 10.8 Å². The molecule has 1 aliphatic carbocycles. The first kappa shape index (κ1) is 15.0. The van der Waals surface area contributed by atoms with Crippen molar-refractivity contribution >= 4 is 23.3 Å². The summed E-state index contributed by atoms with van der Waals surface area (Å²) in [5, 5.41) is 13.3. The molecule has 0 spiro atoms. The number of carbonyl (C=O) groups excluding carboxylic acids is 2. The van der Waals surface area contributed by atoms with Gasteiger partial charge in [-0.15, -0.1) is 0 Å². The maximum absolute atomic E-state index is 11.7. The highest BCUT2D eigenvalue weighted by molar-refractivity contribution is 5.95. The van der Waals surface area contributed by atoms with Gasteiger partial charge in [-0.25, -0.2) is 0 Å². The third kappa shape index (κ3) is 3.77. The Bertz CT molecular complexity index is 599. The van der Waals surface area contributed by atoms with Crippen LogP contribution in [0.25, 0.3) is 0 Å². The number of hydrogen-bond acceptors (Lipinski definition) is 5. The summed E-state index contributed by atoms with van der Waals surface area (Å²) in [5.41, 5.74) is 0.616. The number of nitro benzene ring substituents is 1. The van der Waals surface area contributed by atoms with Gasteiger partial charge in [0.1, 0.15) is 5.69 Å². The van der Waals surface area contributed by atoms with Crippen molar-refractivity contribution in [3.63, 3.8) is 0 Å². The number of rotatable bonds is 5. The van der Waals surface area contributed by atoms with Crippen LogP contribution in [0.2, 0.25) is 0 Å². The van der Waals surface area contributed by atoms with Crippen LogP contribution in [-0.2, 0) is 14.3 Å². The zero-order valence-electron chi connectivity index (χ0n) is 11.8. The minimum Gasteiger partial charge on any atom is -0.455 e. The largest absolute Gasteiger partial charge is 0.455 e. The lowest BCUT2D eigenvalue weighted by atomic mass is 10.2. The molecule has 112 valence electrons. The minimum atomic E-state index is -0.594. The second-order valence-corrected chi connectivity index (χ2v) is 5.25. The third-order valence-electron chi connectivity index (χ3n) is 3.38. The maximum Gasteiger partial charge on any atom is 0.309 e. The van der Waals surface area contributed by atoms with E-state index in [1.807, 2.05) is 6.92 Å². The number of ether oxygens (including phenoxy) is 1. The zero-order chi connectivity index (χ0) is 15.6. The fraction of sp³-hybridized carbons (Fsp3) is 0.429. The van der Waals surface area contributed by atoms with Crippen molar-refractivity contribution in [3.8, 4) is 0 Å². The van der Waals surface area contributed by atoms with Crippen molar-refractivity contribution in [2.45, 2.75) is 20.3 Å². The number of aryl methyl sites for hydroxylation is 1. The molecule has 0 radical (unpaired) electrons. The first-order chi connectivity index (χ1) is 9.88. The maximum atomic E-state index is 11.7. The van der Waals surface area contributed by atoms with Crippen LogP contribution in [0.1, 0.15) is 18.9 Å². The number of nitro groups is 1. The normalized spacial score (nSPS) is 19.7. The van der Waals surface area contributed by atoms with E-state index in [0.717, 1.165) is 6.42 Å². The molecule has 1 N–H and O–H groups in total. The van der Waals surface area contributed by atoms with Crippen LogP contribution >= 0.6 is 0 Å². The predicted molar refractivity (Wildman–Crippen MR) is 74.7 cm³/mol. The summed E-state index contributed by atoms with van der Waals surface area (Å²) in [5.74, 6) is -0.801. The van der Waals surface area contributed by atoms with E-state index >= 15 is 0 Å². The predicted octanol–water partition coefficient (Wildman–Crippen LogP) is 2.04. The van der Waals surface area contributed by atoms with Crippen LogP contribution in [0.15, 0.2) is 18.2 Å². The number of amides is 1. The van der Waals surface area contributed by atoms with Gasteiger partial charge in [-0.05, 0) is 30.9 Å². The van der Waals surface area contributed by atoms with E-state index in [9.17, 15) is 19.7 Å². The fourth-order valence-electron chi connectivity index (χ4n) is 1.98. The van der Waals surface area contributed by atoms with Crippen LogP contribution in [0.3, 0.4) is 0 Å². The fourth-order valence-corrected chi connectivity index (χ4v) is 1.98. The van der Waals surface area contributed by atoms with Gasteiger partial charge >= 0.3 is 5.97 Å². The number of anilines is 1. The lowest BCUT2D eigenvalue weighted by Gasteiger charge is -2.07. The number of nitrogens with zero attached hydrogens (tertiary/aromatic N) is 1. The van der Waals surface area contributed by atoms with E-state index in [-0.39, 0.29) is 17.3 Å². The van der Waals surface area contributed by atoms with E-state index in [1.165, 1.54) is 12.1 Å². The molecule has 1 amide bonds. The molecule has 2 rings (SSSR count). The standard InChI is InChI=1S/C14H16N2O5/c1-8-3-4-11(12(5-8)16(19)20)15-13(17)7-21-14(18)10-6-9(10)2/h3-5,9-10H,6-7H2,1-2H3,(H,15,17). The first-order valence-corrected chi connectivity index (χ1v) is 6.60. The lowest BCUT2D eigenvalue weighted by molar-refractivity contribution is -0.384. The van der Waals surface area contributed by atoms with Crippen molar-refractivity contribution in [1.82, 2.24) is 0 Å². The number of benzene rings is 1. The highest BCUT2D eigenvalue weighted by Gasteiger charge is 2.40. The molecule has 1 aromatic rings. The Morgan fingerprint density at radius 3 is 2.71 bits per heavy atom. The molecule has 2 unspecified atom stereocenters. The van der Waals surface area contributed by atoms with Crippen molar-refractivity contribution in [2.75, 3.05) is 11.9 Å². The van der Waals surface area contributed by atoms with Crippen molar-refractivity contribution in [3.05, 3.63) is 33.9 Å². The lowest BCUT2D eigenvalue weighted by Crippen LogP contribution is -2.22. The third-order valence-corrected chi connectivity index (χ3v) is 3.38. The highest BCUT2D eigenvalue weighted by Crippen LogP contribution is 2.38. The smallest absolute Gasteiger partial charge is 0.309 e. The van der Waals surface area contributed by atoms with E-state index in [4.69, 9.17) is 4.74 Å². The Kier molecular flexibility index (Phi) is 4.21. The van der Waals surface area contributed by atoms with Crippen molar-refractivity contribution in [1.29, 1.82) is 0 Å². The molecule has 1 saturated carbocycles. The molecule has 21 heavy (non-hydrogen) atoms. The van der Waals surface area contributed by atoms with Crippen molar-refractivity contribution < 1.29 is 19.2 Å². The van der Waals surface area contributed by atoms with Gasteiger partial charge in [-0.3, -0.25) is 19.7 Å². The second-order valence-electron chi connectivity index (χ2n) is 5.25. The average molecular weight is 292 g/mol. The van der Waals surface area contributed by atoms with E-state index < -0.39 is 23.4 Å². The van der Waals surface area contributed by atoms with Crippen LogP contribution < -0.4 is 5.32 Å². The molecule has 2 atom stereocenters. The van der Waals surface area contributed by atoms with Gasteiger partial charge in [0, 0.05) is 6.07 Å². The SMILES string of the molecule is Cc1ccc(NC(=O)COC(=O)C2CC2C)c([N+](=O)[O-])c1. The summed E-state index contributed by atoms with van der Waals surface area (Å²) in [4.78, 5) is 33.5. The molecule has 7 nitrogen and oxygen atoms in total. The topological polar surface area (TPSA) is 98.5 Å². The van der Waals surface area contributed by atoms with Crippen LogP contribution in [0, 0.1) is 28.9 Å². The van der Waals surface area contributed by atoms with Crippen LogP contribution in [0.4, 0.5) is 11.4 Å². The molecule has 1 aromatic carbocycles. The summed E-state index contributed by atoms with van der Waals surface area (Å²) in [6.07, 6.45) is 0.782. The molecular weight excluding hydrogens is 276 g/mol. The second kappa shape index (κ2) is 5.90. The molecule has 0 heterocycles. The van der Waals surface area contributed by atoms with Crippen LogP contribution in [0.5, 0.6) is 0 Å². The zero-order valence-corrected chi connectivity index (χ0v) is 11.8. The van der Waals surface area contributed by atoms with E-state index in [2.05, 4.69) is 5.32 Å². The number of hydrogen-bond donors (Lipinski definition) is 1. The first-order valence-electron chi connectivity index (χ1n) is 6.60. The summed E-state index contributed by atoms with van der Waals surface area (Å²) in [7, 11) is 0. The Morgan fingerprint density at radius 2 is 2.14 bits per heavy atom. The molecular formula is C14H16N2O5. The Morgan fingerprint density at radius 1 is 1.48 bits per heavy atom.